The smallest absolute Gasteiger partial charge is 0.317 e. The SMILES string of the molecule is COc1ccc(CNC(=O)N2CCC(C(=O)O)CC2)cn1. The first kappa shape index (κ1) is 15.1. The number of nitrogens with one attached hydrogen (secondary N) is 1. The summed E-state index contributed by atoms with van der Waals surface area (Å²) in [7, 11) is 1.55. The Morgan fingerprint density at radius 2 is 2.14 bits per heavy atom. The fourth-order valence-corrected chi connectivity index (χ4v) is 2.26. The lowest BCUT2D eigenvalue weighted by atomic mass is 9.97. The highest BCUT2D eigenvalue weighted by atomic mass is 16.5. The Kier molecular flexibility index (Phi) is 4.97. The van der Waals surface area contributed by atoms with Gasteiger partial charge in [0.25, 0.3) is 0 Å². The topological polar surface area (TPSA) is 91.8 Å². The Bertz CT molecular complexity index is 495. The molecule has 21 heavy (non-hydrogen) atoms. The van der Waals surface area contributed by atoms with Gasteiger partial charge in [0.1, 0.15) is 0 Å². The van der Waals surface area contributed by atoms with Crippen LogP contribution in [0.3, 0.4) is 0 Å². The molecule has 0 atom stereocenters. The molecule has 0 aromatic carbocycles. The number of methoxy groups -OCH3 is 1. The Hall–Kier alpha value is -2.31. The molecule has 0 bridgehead atoms. The number of urea groups is 1. The lowest BCUT2D eigenvalue weighted by Crippen LogP contribution is -2.45. The van der Waals surface area contributed by atoms with E-state index in [1.807, 2.05) is 6.07 Å². The molecule has 0 aliphatic carbocycles. The molecule has 114 valence electrons. The number of ether oxygens (including phenoxy) is 1. The first-order valence-corrected chi connectivity index (χ1v) is 6.84. The summed E-state index contributed by atoms with van der Waals surface area (Å²) in [6.45, 7) is 1.34. The predicted octanol–water partition coefficient (Wildman–Crippen LogP) is 1.10. The van der Waals surface area contributed by atoms with E-state index in [9.17, 15) is 9.59 Å². The van der Waals surface area contributed by atoms with Gasteiger partial charge in [-0.3, -0.25) is 4.79 Å². The second kappa shape index (κ2) is 6.92. The summed E-state index contributed by atoms with van der Waals surface area (Å²) >= 11 is 0. The second-order valence-corrected chi connectivity index (χ2v) is 4.97. The van der Waals surface area contributed by atoms with Crippen LogP contribution in [0.1, 0.15) is 18.4 Å². The number of pyridine rings is 1. The Balaban J connectivity index is 1.78. The molecular weight excluding hydrogens is 274 g/mol. The van der Waals surface area contributed by atoms with Crippen molar-refractivity contribution in [1.29, 1.82) is 0 Å². The lowest BCUT2D eigenvalue weighted by Gasteiger charge is -2.30. The monoisotopic (exact) mass is 293 g/mol. The van der Waals surface area contributed by atoms with Crippen molar-refractivity contribution in [1.82, 2.24) is 15.2 Å². The van der Waals surface area contributed by atoms with Crippen molar-refractivity contribution >= 4 is 12.0 Å². The van der Waals surface area contributed by atoms with E-state index in [4.69, 9.17) is 9.84 Å². The number of hydrogen-bond acceptors (Lipinski definition) is 4. The summed E-state index contributed by atoms with van der Waals surface area (Å²) in [6, 6.07) is 3.40. The maximum atomic E-state index is 12.0. The maximum absolute atomic E-state index is 12.0. The Morgan fingerprint density at radius 1 is 1.43 bits per heavy atom. The highest BCUT2D eigenvalue weighted by Crippen LogP contribution is 2.17. The van der Waals surface area contributed by atoms with Crippen LogP contribution in [0.25, 0.3) is 0 Å². The van der Waals surface area contributed by atoms with E-state index >= 15 is 0 Å². The summed E-state index contributed by atoms with van der Waals surface area (Å²) < 4.78 is 4.96. The first-order valence-electron chi connectivity index (χ1n) is 6.84. The molecule has 1 aromatic heterocycles. The molecule has 7 nitrogen and oxygen atoms in total. The molecule has 0 radical (unpaired) electrons. The molecule has 1 aliphatic rings. The van der Waals surface area contributed by atoms with Crippen LogP contribution in [0.4, 0.5) is 4.79 Å². The van der Waals surface area contributed by atoms with Crippen LogP contribution in [0, 0.1) is 5.92 Å². The number of rotatable bonds is 4. The molecule has 7 heteroatoms. The molecule has 1 fully saturated rings. The Morgan fingerprint density at radius 3 is 2.67 bits per heavy atom. The molecule has 2 amide bonds. The maximum Gasteiger partial charge on any atom is 0.317 e. The van der Waals surface area contributed by atoms with E-state index in [-0.39, 0.29) is 11.9 Å². The molecule has 2 N–H and O–H groups in total. The van der Waals surface area contributed by atoms with E-state index in [0.29, 0.717) is 38.4 Å². The summed E-state index contributed by atoms with van der Waals surface area (Å²) in [5.41, 5.74) is 0.879. The third-order valence-corrected chi connectivity index (χ3v) is 3.58. The zero-order valence-corrected chi connectivity index (χ0v) is 11.9. The van der Waals surface area contributed by atoms with Gasteiger partial charge in [0.2, 0.25) is 5.88 Å². The average molecular weight is 293 g/mol. The minimum absolute atomic E-state index is 0.172. The average Bonchev–Trinajstić information content (AvgIpc) is 2.53. The second-order valence-electron chi connectivity index (χ2n) is 4.97. The molecule has 1 aliphatic heterocycles. The standard InChI is InChI=1S/C14H19N3O4/c1-21-12-3-2-10(8-15-12)9-16-14(20)17-6-4-11(5-7-17)13(18)19/h2-3,8,11H,4-7,9H2,1H3,(H,16,20)(H,18,19). The van der Waals surface area contributed by atoms with E-state index in [2.05, 4.69) is 10.3 Å². The van der Waals surface area contributed by atoms with Crippen molar-refractivity contribution in [3.63, 3.8) is 0 Å². The summed E-state index contributed by atoms with van der Waals surface area (Å²) in [6.07, 6.45) is 2.66. The highest BCUT2D eigenvalue weighted by Gasteiger charge is 2.26. The van der Waals surface area contributed by atoms with Gasteiger partial charge in [0.15, 0.2) is 0 Å². The normalized spacial score (nSPS) is 15.6. The fourth-order valence-electron chi connectivity index (χ4n) is 2.26. The number of nitrogens with zero attached hydrogens (tertiary/aromatic N) is 2. The zero-order chi connectivity index (χ0) is 15.2. The minimum atomic E-state index is -0.778. The number of hydrogen-bond donors (Lipinski definition) is 2. The zero-order valence-electron chi connectivity index (χ0n) is 11.9. The van der Waals surface area contributed by atoms with Crippen LogP contribution in [0.2, 0.25) is 0 Å². The molecule has 1 aromatic rings. The van der Waals surface area contributed by atoms with Gasteiger partial charge in [-0.15, -0.1) is 0 Å². The number of aliphatic carboxylic acids is 1. The molecular formula is C14H19N3O4. The summed E-state index contributed by atoms with van der Waals surface area (Å²) in [5, 5.41) is 11.7. The number of carbonyl (C=O) groups is 2. The van der Waals surface area contributed by atoms with Gasteiger partial charge in [-0.05, 0) is 18.4 Å². The third-order valence-electron chi connectivity index (χ3n) is 3.58. The molecule has 0 spiro atoms. The van der Waals surface area contributed by atoms with E-state index in [1.165, 1.54) is 0 Å². The van der Waals surface area contributed by atoms with Gasteiger partial charge >= 0.3 is 12.0 Å². The van der Waals surface area contributed by atoms with Gasteiger partial charge in [-0.1, -0.05) is 6.07 Å². The number of carboxylic acids is 1. The number of carboxylic acid groups (broad SMARTS) is 1. The third kappa shape index (κ3) is 4.08. The van der Waals surface area contributed by atoms with E-state index < -0.39 is 5.97 Å². The predicted molar refractivity (Wildman–Crippen MR) is 75.0 cm³/mol. The van der Waals surface area contributed by atoms with Crippen LogP contribution in [-0.4, -0.2) is 47.2 Å². The van der Waals surface area contributed by atoms with Gasteiger partial charge < -0.3 is 20.1 Å². The summed E-state index contributed by atoms with van der Waals surface area (Å²) in [5.74, 6) is -0.583. The van der Waals surface area contributed by atoms with Crippen molar-refractivity contribution in [2.24, 2.45) is 5.92 Å². The highest BCUT2D eigenvalue weighted by molar-refractivity contribution is 5.75. The summed E-state index contributed by atoms with van der Waals surface area (Å²) in [4.78, 5) is 28.6. The van der Waals surface area contributed by atoms with Crippen LogP contribution in [0.15, 0.2) is 18.3 Å². The van der Waals surface area contributed by atoms with Crippen LogP contribution in [-0.2, 0) is 11.3 Å². The first-order chi connectivity index (χ1) is 10.1. The number of aromatic nitrogens is 1. The molecule has 2 rings (SSSR count). The van der Waals surface area contributed by atoms with Crippen LogP contribution < -0.4 is 10.1 Å². The van der Waals surface area contributed by atoms with Crippen molar-refractivity contribution in [2.45, 2.75) is 19.4 Å². The van der Waals surface area contributed by atoms with Gasteiger partial charge in [0.05, 0.1) is 13.0 Å². The molecule has 0 unspecified atom stereocenters. The Labute approximate surface area is 122 Å². The van der Waals surface area contributed by atoms with Gasteiger partial charge in [0, 0.05) is 31.9 Å². The van der Waals surface area contributed by atoms with Crippen LogP contribution in [0.5, 0.6) is 5.88 Å². The van der Waals surface area contributed by atoms with Crippen molar-refractivity contribution in [3.05, 3.63) is 23.9 Å². The molecule has 1 saturated heterocycles. The van der Waals surface area contributed by atoms with E-state index in [1.54, 1.807) is 24.3 Å². The van der Waals surface area contributed by atoms with Gasteiger partial charge in [-0.25, -0.2) is 9.78 Å². The largest absolute Gasteiger partial charge is 0.481 e. The van der Waals surface area contributed by atoms with Crippen LogP contribution >= 0.6 is 0 Å². The van der Waals surface area contributed by atoms with E-state index in [0.717, 1.165) is 5.56 Å². The number of amides is 2. The van der Waals surface area contributed by atoms with Crippen molar-refractivity contribution in [3.8, 4) is 5.88 Å². The minimum Gasteiger partial charge on any atom is -0.481 e. The lowest BCUT2D eigenvalue weighted by molar-refractivity contribution is -0.143. The number of likely N-dealkylation sites (tertiary alicyclic amines) is 1. The quantitative estimate of drug-likeness (QED) is 0.867. The molecule has 2 heterocycles. The van der Waals surface area contributed by atoms with Crippen molar-refractivity contribution in [2.75, 3.05) is 20.2 Å². The fraction of sp³-hybridized carbons (Fsp3) is 0.500. The molecule has 0 saturated carbocycles. The number of carbonyl (C=O) groups excluding carboxylic acids is 1. The van der Waals surface area contributed by atoms with Crippen molar-refractivity contribution < 1.29 is 19.4 Å². The number of piperidine rings is 1. The van der Waals surface area contributed by atoms with Gasteiger partial charge in [-0.2, -0.15) is 0 Å².